The van der Waals surface area contributed by atoms with Gasteiger partial charge in [0.05, 0.1) is 13.7 Å². The quantitative estimate of drug-likeness (QED) is 0.799. The van der Waals surface area contributed by atoms with Gasteiger partial charge in [-0.05, 0) is 43.5 Å². The Morgan fingerprint density at radius 3 is 2.56 bits per heavy atom. The number of hydrogen-bond donors (Lipinski definition) is 2. The molecule has 1 rings (SSSR count). The SMILES string of the molecule is COc1cc(C)c(CNC(C)CO)cc1C. The van der Waals surface area contributed by atoms with Crippen molar-refractivity contribution in [2.75, 3.05) is 13.7 Å². The summed E-state index contributed by atoms with van der Waals surface area (Å²) < 4.78 is 5.27. The van der Waals surface area contributed by atoms with Gasteiger partial charge in [-0.15, -0.1) is 0 Å². The van der Waals surface area contributed by atoms with Crippen molar-refractivity contribution in [1.29, 1.82) is 0 Å². The van der Waals surface area contributed by atoms with Crippen molar-refractivity contribution < 1.29 is 9.84 Å². The van der Waals surface area contributed by atoms with Crippen LogP contribution in [0.5, 0.6) is 5.75 Å². The van der Waals surface area contributed by atoms with Crippen molar-refractivity contribution in [3.8, 4) is 5.75 Å². The Morgan fingerprint density at radius 2 is 2.00 bits per heavy atom. The fraction of sp³-hybridized carbons (Fsp3) is 0.538. The van der Waals surface area contributed by atoms with E-state index in [-0.39, 0.29) is 12.6 Å². The molecule has 3 heteroatoms. The van der Waals surface area contributed by atoms with Gasteiger partial charge in [0.15, 0.2) is 0 Å². The summed E-state index contributed by atoms with van der Waals surface area (Å²) in [5, 5.41) is 12.2. The van der Waals surface area contributed by atoms with Gasteiger partial charge in [-0.3, -0.25) is 0 Å². The van der Waals surface area contributed by atoms with E-state index in [4.69, 9.17) is 9.84 Å². The van der Waals surface area contributed by atoms with Crippen molar-refractivity contribution in [2.24, 2.45) is 0 Å². The lowest BCUT2D eigenvalue weighted by Gasteiger charge is -2.14. The lowest BCUT2D eigenvalue weighted by Crippen LogP contribution is -2.28. The Morgan fingerprint density at radius 1 is 1.31 bits per heavy atom. The Hall–Kier alpha value is -1.06. The van der Waals surface area contributed by atoms with E-state index in [9.17, 15) is 0 Å². The molecule has 1 aromatic rings. The van der Waals surface area contributed by atoms with E-state index in [1.807, 2.05) is 13.8 Å². The summed E-state index contributed by atoms with van der Waals surface area (Å²) >= 11 is 0. The van der Waals surface area contributed by atoms with Crippen LogP contribution < -0.4 is 10.1 Å². The number of methoxy groups -OCH3 is 1. The van der Waals surface area contributed by atoms with Gasteiger partial charge in [0.25, 0.3) is 0 Å². The Bertz CT molecular complexity index is 350. The second kappa shape index (κ2) is 5.87. The van der Waals surface area contributed by atoms with E-state index >= 15 is 0 Å². The summed E-state index contributed by atoms with van der Waals surface area (Å²) in [6.45, 7) is 7.01. The molecule has 1 unspecified atom stereocenters. The van der Waals surface area contributed by atoms with Crippen LogP contribution in [0.4, 0.5) is 0 Å². The van der Waals surface area contributed by atoms with Crippen LogP contribution in [-0.4, -0.2) is 24.9 Å². The molecular formula is C13H21NO2. The minimum absolute atomic E-state index is 0.127. The molecule has 1 aromatic carbocycles. The van der Waals surface area contributed by atoms with Crippen molar-refractivity contribution in [2.45, 2.75) is 33.4 Å². The number of benzene rings is 1. The van der Waals surface area contributed by atoms with Crippen molar-refractivity contribution in [3.63, 3.8) is 0 Å². The lowest BCUT2D eigenvalue weighted by molar-refractivity contribution is 0.251. The zero-order valence-corrected chi connectivity index (χ0v) is 10.5. The smallest absolute Gasteiger partial charge is 0.122 e. The first kappa shape index (κ1) is 13.0. The van der Waals surface area contributed by atoms with Crippen LogP contribution >= 0.6 is 0 Å². The third-order valence-corrected chi connectivity index (χ3v) is 2.77. The summed E-state index contributed by atoms with van der Waals surface area (Å²) in [6.07, 6.45) is 0. The number of rotatable bonds is 5. The van der Waals surface area contributed by atoms with E-state index in [1.54, 1.807) is 7.11 Å². The maximum Gasteiger partial charge on any atom is 0.122 e. The monoisotopic (exact) mass is 223 g/mol. The maximum absolute atomic E-state index is 8.94. The van der Waals surface area contributed by atoms with Crippen LogP contribution in [-0.2, 0) is 6.54 Å². The average Bonchev–Trinajstić information content (AvgIpc) is 2.29. The molecule has 0 saturated heterocycles. The van der Waals surface area contributed by atoms with E-state index in [0.717, 1.165) is 17.9 Å². The van der Waals surface area contributed by atoms with E-state index in [1.165, 1.54) is 11.1 Å². The predicted octanol–water partition coefficient (Wildman–Crippen LogP) is 1.78. The van der Waals surface area contributed by atoms with Gasteiger partial charge >= 0.3 is 0 Å². The molecule has 0 saturated carbocycles. The van der Waals surface area contributed by atoms with Crippen molar-refractivity contribution in [1.82, 2.24) is 5.32 Å². The highest BCUT2D eigenvalue weighted by Gasteiger charge is 2.06. The van der Waals surface area contributed by atoms with Gasteiger partial charge in [0.1, 0.15) is 5.75 Å². The fourth-order valence-electron chi connectivity index (χ4n) is 1.61. The van der Waals surface area contributed by atoms with Crippen LogP contribution in [0.2, 0.25) is 0 Å². The molecule has 0 aliphatic rings. The summed E-state index contributed by atoms with van der Waals surface area (Å²) in [6, 6.07) is 4.31. The first-order valence-corrected chi connectivity index (χ1v) is 5.56. The minimum Gasteiger partial charge on any atom is -0.496 e. The number of nitrogens with one attached hydrogen (secondary N) is 1. The minimum atomic E-state index is 0.127. The largest absolute Gasteiger partial charge is 0.496 e. The molecule has 0 heterocycles. The highest BCUT2D eigenvalue weighted by atomic mass is 16.5. The fourth-order valence-corrected chi connectivity index (χ4v) is 1.61. The Labute approximate surface area is 97.4 Å². The van der Waals surface area contributed by atoms with Gasteiger partial charge in [-0.2, -0.15) is 0 Å². The topological polar surface area (TPSA) is 41.5 Å². The number of aliphatic hydroxyl groups excluding tert-OH is 1. The molecule has 0 aliphatic heterocycles. The van der Waals surface area contributed by atoms with E-state index < -0.39 is 0 Å². The summed E-state index contributed by atoms with van der Waals surface area (Å²) in [5.41, 5.74) is 3.60. The molecule has 0 spiro atoms. The van der Waals surface area contributed by atoms with Gasteiger partial charge in [-0.1, -0.05) is 6.07 Å². The molecule has 3 nitrogen and oxygen atoms in total. The zero-order chi connectivity index (χ0) is 12.1. The Kier molecular flexibility index (Phi) is 4.77. The van der Waals surface area contributed by atoms with Crippen molar-refractivity contribution >= 4 is 0 Å². The highest BCUT2D eigenvalue weighted by molar-refractivity contribution is 5.41. The zero-order valence-electron chi connectivity index (χ0n) is 10.5. The van der Waals surface area contributed by atoms with Gasteiger partial charge in [0.2, 0.25) is 0 Å². The van der Waals surface area contributed by atoms with E-state index in [0.29, 0.717) is 0 Å². The summed E-state index contributed by atoms with van der Waals surface area (Å²) in [7, 11) is 1.69. The molecule has 16 heavy (non-hydrogen) atoms. The number of aryl methyl sites for hydroxylation is 2. The third kappa shape index (κ3) is 3.22. The van der Waals surface area contributed by atoms with Crippen LogP contribution in [0.15, 0.2) is 12.1 Å². The van der Waals surface area contributed by atoms with Crippen LogP contribution in [0.25, 0.3) is 0 Å². The lowest BCUT2D eigenvalue weighted by atomic mass is 10.0. The molecular weight excluding hydrogens is 202 g/mol. The second-order valence-corrected chi connectivity index (χ2v) is 4.21. The van der Waals surface area contributed by atoms with Gasteiger partial charge in [-0.25, -0.2) is 0 Å². The molecule has 90 valence electrons. The summed E-state index contributed by atoms with van der Waals surface area (Å²) in [4.78, 5) is 0. The Balaban J connectivity index is 2.77. The molecule has 0 amide bonds. The molecule has 0 aliphatic carbocycles. The summed E-state index contributed by atoms with van der Waals surface area (Å²) in [5.74, 6) is 0.927. The van der Waals surface area contributed by atoms with Gasteiger partial charge in [0, 0.05) is 12.6 Å². The number of aliphatic hydroxyl groups is 1. The molecule has 1 atom stereocenters. The van der Waals surface area contributed by atoms with Crippen LogP contribution in [0.3, 0.4) is 0 Å². The first-order valence-electron chi connectivity index (χ1n) is 5.56. The van der Waals surface area contributed by atoms with Crippen LogP contribution in [0, 0.1) is 13.8 Å². The highest BCUT2D eigenvalue weighted by Crippen LogP contribution is 2.22. The molecule has 0 fully saturated rings. The van der Waals surface area contributed by atoms with Gasteiger partial charge < -0.3 is 15.2 Å². The molecule has 2 N–H and O–H groups in total. The van der Waals surface area contributed by atoms with E-state index in [2.05, 4.69) is 24.4 Å². The van der Waals surface area contributed by atoms with Crippen molar-refractivity contribution in [3.05, 3.63) is 28.8 Å². The van der Waals surface area contributed by atoms with Crippen LogP contribution in [0.1, 0.15) is 23.6 Å². The predicted molar refractivity (Wildman–Crippen MR) is 65.9 cm³/mol. The third-order valence-electron chi connectivity index (χ3n) is 2.77. The molecule has 0 radical (unpaired) electrons. The standard InChI is InChI=1S/C13H21NO2/c1-9-6-13(16-4)10(2)5-12(9)7-14-11(3)8-15/h5-6,11,14-15H,7-8H2,1-4H3. The molecule has 0 aromatic heterocycles. The second-order valence-electron chi connectivity index (χ2n) is 4.21. The average molecular weight is 223 g/mol. The number of hydrogen-bond acceptors (Lipinski definition) is 3. The first-order chi connectivity index (χ1) is 7.58. The maximum atomic E-state index is 8.94. The number of ether oxygens (including phenoxy) is 1. The normalized spacial score (nSPS) is 12.6. The molecule has 0 bridgehead atoms.